The first-order valence-corrected chi connectivity index (χ1v) is 9.55. The second kappa shape index (κ2) is 9.43. The lowest BCUT2D eigenvalue weighted by atomic mass is 9.99. The molecule has 0 bridgehead atoms. The predicted molar refractivity (Wildman–Crippen MR) is 107 cm³/mol. The standard InChI is InChI=1S/C22H26N2O5/c1-27-19-10-17-8-9-24(13-18(17)11-20(19)28-2)14-21(25)23-12-15-4-6-16(7-5-15)22(26)29-3/h4-7,10-11H,8-9,12-14H2,1-3H3,(H,23,25)/p+1. The van der Waals surface area contributed by atoms with E-state index in [1.807, 2.05) is 24.3 Å². The maximum absolute atomic E-state index is 12.4. The van der Waals surface area contributed by atoms with Gasteiger partial charge in [0, 0.05) is 18.5 Å². The molecule has 0 radical (unpaired) electrons. The molecule has 2 N–H and O–H groups in total. The highest BCUT2D eigenvalue weighted by Crippen LogP contribution is 2.31. The number of nitrogens with one attached hydrogen (secondary N) is 2. The molecule has 7 heteroatoms. The molecular weight excluding hydrogens is 372 g/mol. The third-order valence-electron chi connectivity index (χ3n) is 5.17. The number of carbonyl (C=O) groups is 2. The van der Waals surface area contributed by atoms with Crippen molar-refractivity contribution in [3.05, 3.63) is 58.7 Å². The van der Waals surface area contributed by atoms with Gasteiger partial charge in [-0.25, -0.2) is 4.79 Å². The van der Waals surface area contributed by atoms with E-state index in [2.05, 4.69) is 10.1 Å². The van der Waals surface area contributed by atoms with E-state index in [1.165, 1.54) is 23.1 Å². The number of amides is 1. The minimum atomic E-state index is -0.371. The van der Waals surface area contributed by atoms with Crippen molar-refractivity contribution in [1.82, 2.24) is 5.32 Å². The van der Waals surface area contributed by atoms with Crippen molar-refractivity contribution in [3.8, 4) is 11.5 Å². The number of carbonyl (C=O) groups excluding carboxylic acids is 2. The highest BCUT2D eigenvalue weighted by Gasteiger charge is 2.23. The van der Waals surface area contributed by atoms with Gasteiger partial charge in [-0.1, -0.05) is 12.1 Å². The number of esters is 1. The van der Waals surface area contributed by atoms with Gasteiger partial charge in [0.15, 0.2) is 18.0 Å². The van der Waals surface area contributed by atoms with Gasteiger partial charge in [0.05, 0.1) is 33.4 Å². The molecule has 0 aromatic heterocycles. The Labute approximate surface area is 170 Å². The summed E-state index contributed by atoms with van der Waals surface area (Å²) in [7, 11) is 4.62. The molecular formula is C22H27N2O5+. The minimum Gasteiger partial charge on any atom is -0.493 e. The molecule has 2 aromatic carbocycles. The van der Waals surface area contributed by atoms with Crippen molar-refractivity contribution < 1.29 is 28.7 Å². The number of hydrogen-bond donors (Lipinski definition) is 2. The molecule has 0 saturated heterocycles. The molecule has 1 aliphatic heterocycles. The first-order chi connectivity index (χ1) is 14.0. The van der Waals surface area contributed by atoms with Crippen LogP contribution in [0.1, 0.15) is 27.0 Å². The highest BCUT2D eigenvalue weighted by atomic mass is 16.5. The van der Waals surface area contributed by atoms with Gasteiger partial charge >= 0.3 is 5.97 Å². The molecule has 3 rings (SSSR count). The van der Waals surface area contributed by atoms with Crippen molar-refractivity contribution in [2.75, 3.05) is 34.4 Å². The topological polar surface area (TPSA) is 78.3 Å². The summed E-state index contributed by atoms with van der Waals surface area (Å²) in [5.74, 6) is 1.09. The fourth-order valence-corrected chi connectivity index (χ4v) is 3.55. The van der Waals surface area contributed by atoms with Crippen molar-refractivity contribution in [1.29, 1.82) is 0 Å². The van der Waals surface area contributed by atoms with Crippen LogP contribution in [-0.2, 0) is 29.0 Å². The zero-order chi connectivity index (χ0) is 20.8. The molecule has 0 saturated carbocycles. The van der Waals surface area contributed by atoms with Gasteiger partial charge in [0.2, 0.25) is 0 Å². The van der Waals surface area contributed by atoms with Gasteiger partial charge in [0.1, 0.15) is 6.54 Å². The average Bonchev–Trinajstić information content (AvgIpc) is 2.76. The van der Waals surface area contributed by atoms with Crippen LogP contribution in [0, 0.1) is 0 Å². The molecule has 2 aromatic rings. The zero-order valence-corrected chi connectivity index (χ0v) is 17.0. The van der Waals surface area contributed by atoms with Crippen LogP contribution in [0.3, 0.4) is 0 Å². The molecule has 0 aliphatic carbocycles. The number of ether oxygens (including phenoxy) is 3. The number of rotatable bonds is 7. The third-order valence-corrected chi connectivity index (χ3v) is 5.17. The second-order valence-corrected chi connectivity index (χ2v) is 7.04. The van der Waals surface area contributed by atoms with Crippen molar-refractivity contribution in [3.63, 3.8) is 0 Å². The monoisotopic (exact) mass is 399 g/mol. The summed E-state index contributed by atoms with van der Waals surface area (Å²) in [6, 6.07) is 11.1. The Hall–Kier alpha value is -3.06. The van der Waals surface area contributed by atoms with Gasteiger partial charge in [-0.2, -0.15) is 0 Å². The number of fused-ring (bicyclic) bond motifs is 1. The van der Waals surface area contributed by atoms with E-state index in [-0.39, 0.29) is 11.9 Å². The Balaban J connectivity index is 1.53. The Morgan fingerprint density at radius 2 is 1.66 bits per heavy atom. The second-order valence-electron chi connectivity index (χ2n) is 7.04. The van der Waals surface area contributed by atoms with E-state index >= 15 is 0 Å². The molecule has 29 heavy (non-hydrogen) atoms. The first-order valence-electron chi connectivity index (χ1n) is 9.55. The average molecular weight is 399 g/mol. The summed E-state index contributed by atoms with van der Waals surface area (Å²) in [6.07, 6.45) is 0.896. The lowest BCUT2D eigenvalue weighted by Gasteiger charge is -2.26. The fraction of sp³-hybridized carbons (Fsp3) is 0.364. The van der Waals surface area contributed by atoms with Crippen LogP contribution in [0.4, 0.5) is 0 Å². The summed E-state index contributed by atoms with van der Waals surface area (Å²) in [4.78, 5) is 25.1. The number of quaternary nitrogens is 1. The van der Waals surface area contributed by atoms with E-state index in [0.29, 0.717) is 24.4 Å². The van der Waals surface area contributed by atoms with Gasteiger partial charge in [-0.05, 0) is 35.4 Å². The van der Waals surface area contributed by atoms with E-state index in [9.17, 15) is 9.59 Å². The van der Waals surface area contributed by atoms with Crippen LogP contribution in [0.5, 0.6) is 11.5 Å². The van der Waals surface area contributed by atoms with Crippen LogP contribution >= 0.6 is 0 Å². The fourth-order valence-electron chi connectivity index (χ4n) is 3.55. The van der Waals surface area contributed by atoms with Crippen molar-refractivity contribution >= 4 is 11.9 Å². The van der Waals surface area contributed by atoms with Crippen LogP contribution in [0.2, 0.25) is 0 Å². The lowest BCUT2D eigenvalue weighted by molar-refractivity contribution is -0.908. The summed E-state index contributed by atoms with van der Waals surface area (Å²) in [6.45, 7) is 2.50. The van der Waals surface area contributed by atoms with E-state index < -0.39 is 0 Å². The molecule has 154 valence electrons. The SMILES string of the molecule is COC(=O)c1ccc(CNC(=O)C[NH+]2CCc3cc(OC)c(OC)cc3C2)cc1. The highest BCUT2D eigenvalue weighted by molar-refractivity contribution is 5.89. The van der Waals surface area contributed by atoms with Gasteiger partial charge < -0.3 is 24.4 Å². The molecule has 1 unspecified atom stereocenters. The van der Waals surface area contributed by atoms with E-state index in [1.54, 1.807) is 26.4 Å². The molecule has 7 nitrogen and oxygen atoms in total. The van der Waals surface area contributed by atoms with Crippen molar-refractivity contribution in [2.24, 2.45) is 0 Å². The largest absolute Gasteiger partial charge is 0.493 e. The van der Waals surface area contributed by atoms with Crippen LogP contribution in [0.25, 0.3) is 0 Å². The number of benzene rings is 2. The third kappa shape index (κ3) is 5.06. The quantitative estimate of drug-likeness (QED) is 0.672. The van der Waals surface area contributed by atoms with Gasteiger partial charge in [-0.3, -0.25) is 4.79 Å². The van der Waals surface area contributed by atoms with Crippen LogP contribution in [-0.4, -0.2) is 46.3 Å². The first kappa shape index (κ1) is 20.7. The van der Waals surface area contributed by atoms with Crippen molar-refractivity contribution in [2.45, 2.75) is 19.5 Å². The number of methoxy groups -OCH3 is 3. The molecule has 1 heterocycles. The zero-order valence-electron chi connectivity index (χ0n) is 17.0. The van der Waals surface area contributed by atoms with E-state index in [0.717, 1.165) is 30.8 Å². The molecule has 0 spiro atoms. The van der Waals surface area contributed by atoms with Crippen LogP contribution in [0.15, 0.2) is 36.4 Å². The maximum Gasteiger partial charge on any atom is 0.337 e. The summed E-state index contributed by atoms with van der Waals surface area (Å²) < 4.78 is 15.5. The number of hydrogen-bond acceptors (Lipinski definition) is 5. The Morgan fingerprint density at radius 3 is 2.28 bits per heavy atom. The molecule has 1 amide bonds. The molecule has 1 atom stereocenters. The Morgan fingerprint density at radius 1 is 1.00 bits per heavy atom. The van der Waals surface area contributed by atoms with Crippen LogP contribution < -0.4 is 19.7 Å². The Kier molecular flexibility index (Phi) is 6.72. The predicted octanol–water partition coefficient (Wildman–Crippen LogP) is 0.748. The van der Waals surface area contributed by atoms with Gasteiger partial charge in [0.25, 0.3) is 5.91 Å². The molecule has 1 aliphatic rings. The normalized spacial score (nSPS) is 15.2. The Bertz CT molecular complexity index is 880. The lowest BCUT2D eigenvalue weighted by Crippen LogP contribution is -3.12. The smallest absolute Gasteiger partial charge is 0.337 e. The summed E-state index contributed by atoms with van der Waals surface area (Å²) >= 11 is 0. The van der Waals surface area contributed by atoms with Gasteiger partial charge in [-0.15, -0.1) is 0 Å². The minimum absolute atomic E-state index is 0.000899. The summed E-state index contributed by atoms with van der Waals surface area (Å²) in [5.41, 5.74) is 3.86. The maximum atomic E-state index is 12.4. The summed E-state index contributed by atoms with van der Waals surface area (Å²) in [5, 5.41) is 2.95. The van der Waals surface area contributed by atoms with E-state index in [4.69, 9.17) is 9.47 Å². The molecule has 0 fully saturated rings.